The molecule has 0 amide bonds. The van der Waals surface area contributed by atoms with Crippen LogP contribution in [0.1, 0.15) is 27.9 Å². The summed E-state index contributed by atoms with van der Waals surface area (Å²) < 4.78 is 45.8. The van der Waals surface area contributed by atoms with E-state index in [1.165, 1.54) is 17.7 Å². The Kier molecular flexibility index (Phi) is 3.93. The zero-order chi connectivity index (χ0) is 19.3. The van der Waals surface area contributed by atoms with Crippen LogP contribution in [-0.2, 0) is 19.1 Å². The Morgan fingerprint density at radius 3 is 2.63 bits per heavy atom. The van der Waals surface area contributed by atoms with Gasteiger partial charge in [-0.15, -0.1) is 10.2 Å². The molecule has 4 heterocycles. The summed E-state index contributed by atoms with van der Waals surface area (Å²) in [5.74, 6) is 0.668. The fourth-order valence-corrected chi connectivity index (χ4v) is 3.28. The van der Waals surface area contributed by atoms with E-state index in [1.54, 1.807) is 0 Å². The molecule has 4 rings (SSSR count). The molecular weight excluding hydrogens is 361 g/mol. The predicted molar refractivity (Wildman–Crippen MR) is 90.8 cm³/mol. The third kappa shape index (κ3) is 2.84. The largest absolute Gasteiger partial charge is 0.466 e. The minimum atomic E-state index is -4.41. The van der Waals surface area contributed by atoms with Crippen LogP contribution in [0.15, 0.2) is 12.3 Å². The molecule has 0 aliphatic carbocycles. The fourth-order valence-electron chi connectivity index (χ4n) is 3.28. The van der Waals surface area contributed by atoms with Crippen molar-refractivity contribution >= 4 is 11.5 Å². The van der Waals surface area contributed by atoms with Gasteiger partial charge < -0.3 is 9.64 Å². The Balaban J connectivity index is 1.76. The Labute approximate surface area is 152 Å². The number of hydrogen-bond acceptors (Lipinski definition) is 6. The van der Waals surface area contributed by atoms with Gasteiger partial charge in [-0.25, -0.2) is 0 Å². The van der Waals surface area contributed by atoms with Crippen LogP contribution in [0.2, 0.25) is 0 Å². The number of halogens is 3. The standard InChI is InChI=1S/C17H17F3N6O/c1-9-10(2)15(24-26-14(9)22-23-16(26)27-3)25-5-4-13-11(8-25)6-12(7-21-13)17(18,19)20/h6-7H,4-5,8H2,1-3H3. The van der Waals surface area contributed by atoms with E-state index in [0.29, 0.717) is 42.2 Å². The summed E-state index contributed by atoms with van der Waals surface area (Å²) in [6.07, 6.45) is -2.97. The van der Waals surface area contributed by atoms with Gasteiger partial charge in [-0.2, -0.15) is 17.7 Å². The van der Waals surface area contributed by atoms with Crippen LogP contribution < -0.4 is 9.64 Å². The number of aryl methyl sites for hydroxylation is 1. The van der Waals surface area contributed by atoms with Crippen LogP contribution in [0.4, 0.5) is 19.0 Å². The van der Waals surface area contributed by atoms with Gasteiger partial charge in [0, 0.05) is 42.5 Å². The number of pyridine rings is 1. The van der Waals surface area contributed by atoms with Gasteiger partial charge in [0.1, 0.15) is 0 Å². The summed E-state index contributed by atoms with van der Waals surface area (Å²) in [6.45, 7) is 4.73. The number of rotatable bonds is 2. The maximum absolute atomic E-state index is 13.0. The Morgan fingerprint density at radius 2 is 1.93 bits per heavy atom. The third-order valence-electron chi connectivity index (χ3n) is 4.89. The number of ether oxygens (including phenoxy) is 1. The van der Waals surface area contributed by atoms with E-state index in [1.807, 2.05) is 18.7 Å². The second-order valence-electron chi connectivity index (χ2n) is 6.49. The van der Waals surface area contributed by atoms with Crippen molar-refractivity contribution in [2.45, 2.75) is 33.0 Å². The van der Waals surface area contributed by atoms with Crippen molar-refractivity contribution in [3.05, 3.63) is 40.2 Å². The van der Waals surface area contributed by atoms with Crippen LogP contribution in [0.25, 0.3) is 5.65 Å². The zero-order valence-corrected chi connectivity index (χ0v) is 15.0. The number of methoxy groups -OCH3 is 1. The van der Waals surface area contributed by atoms with Gasteiger partial charge in [0.2, 0.25) is 0 Å². The van der Waals surface area contributed by atoms with E-state index in [-0.39, 0.29) is 6.01 Å². The van der Waals surface area contributed by atoms with E-state index < -0.39 is 11.7 Å². The molecule has 27 heavy (non-hydrogen) atoms. The molecule has 0 N–H and O–H groups in total. The van der Waals surface area contributed by atoms with Gasteiger partial charge in [-0.1, -0.05) is 5.10 Å². The van der Waals surface area contributed by atoms with Crippen molar-refractivity contribution in [2.24, 2.45) is 0 Å². The summed E-state index contributed by atoms with van der Waals surface area (Å²) >= 11 is 0. The summed E-state index contributed by atoms with van der Waals surface area (Å²) in [4.78, 5) is 5.96. The molecule has 0 radical (unpaired) electrons. The maximum Gasteiger partial charge on any atom is 0.417 e. The fraction of sp³-hybridized carbons (Fsp3) is 0.412. The van der Waals surface area contributed by atoms with E-state index >= 15 is 0 Å². The molecule has 7 nitrogen and oxygen atoms in total. The van der Waals surface area contributed by atoms with Crippen molar-refractivity contribution < 1.29 is 17.9 Å². The zero-order valence-electron chi connectivity index (χ0n) is 15.0. The van der Waals surface area contributed by atoms with Crippen molar-refractivity contribution in [1.82, 2.24) is 24.8 Å². The maximum atomic E-state index is 13.0. The van der Waals surface area contributed by atoms with Gasteiger partial charge >= 0.3 is 12.2 Å². The van der Waals surface area contributed by atoms with E-state index in [4.69, 9.17) is 4.74 Å². The highest BCUT2D eigenvalue weighted by atomic mass is 19.4. The molecular formula is C17H17F3N6O. The number of fused-ring (bicyclic) bond motifs is 2. The summed E-state index contributed by atoms with van der Waals surface area (Å²) in [7, 11) is 1.48. The van der Waals surface area contributed by atoms with E-state index in [2.05, 4.69) is 20.3 Å². The van der Waals surface area contributed by atoms with Crippen molar-refractivity contribution in [3.8, 4) is 6.01 Å². The number of hydrogen-bond donors (Lipinski definition) is 0. The minimum absolute atomic E-state index is 0.257. The lowest BCUT2D eigenvalue weighted by Gasteiger charge is -2.31. The molecule has 10 heteroatoms. The van der Waals surface area contributed by atoms with Gasteiger partial charge in [0.05, 0.1) is 12.7 Å². The second-order valence-corrected chi connectivity index (χ2v) is 6.49. The Bertz CT molecular complexity index is 1030. The first kappa shape index (κ1) is 17.5. The molecule has 3 aromatic rings. The van der Waals surface area contributed by atoms with Gasteiger partial charge in [0.15, 0.2) is 11.5 Å². The Hall–Kier alpha value is -2.91. The van der Waals surface area contributed by atoms with Crippen molar-refractivity contribution in [1.29, 1.82) is 0 Å². The lowest BCUT2D eigenvalue weighted by atomic mass is 10.0. The number of alkyl halides is 3. The normalized spacial score (nSPS) is 14.5. The number of anilines is 1. The van der Waals surface area contributed by atoms with Crippen molar-refractivity contribution in [3.63, 3.8) is 0 Å². The quantitative estimate of drug-likeness (QED) is 0.683. The van der Waals surface area contributed by atoms with Crippen LogP contribution in [0, 0.1) is 13.8 Å². The highest BCUT2D eigenvalue weighted by Gasteiger charge is 2.33. The Morgan fingerprint density at radius 1 is 1.15 bits per heavy atom. The first-order valence-electron chi connectivity index (χ1n) is 8.36. The molecule has 0 unspecified atom stereocenters. The molecule has 0 atom stereocenters. The van der Waals surface area contributed by atoms with Crippen LogP contribution in [0.3, 0.4) is 0 Å². The molecule has 0 saturated carbocycles. The van der Waals surface area contributed by atoms with Gasteiger partial charge in [-0.3, -0.25) is 4.98 Å². The minimum Gasteiger partial charge on any atom is -0.466 e. The highest BCUT2D eigenvalue weighted by Crippen LogP contribution is 2.33. The van der Waals surface area contributed by atoms with Gasteiger partial charge in [0.25, 0.3) is 0 Å². The summed E-state index contributed by atoms with van der Waals surface area (Å²) in [5.41, 5.74) is 2.90. The molecule has 0 bridgehead atoms. The molecule has 0 saturated heterocycles. The third-order valence-corrected chi connectivity index (χ3v) is 4.89. The first-order valence-corrected chi connectivity index (χ1v) is 8.36. The topological polar surface area (TPSA) is 68.4 Å². The average molecular weight is 378 g/mol. The van der Waals surface area contributed by atoms with Gasteiger partial charge in [-0.05, 0) is 25.5 Å². The molecule has 0 aromatic carbocycles. The monoisotopic (exact) mass is 378 g/mol. The van der Waals surface area contributed by atoms with Crippen molar-refractivity contribution in [2.75, 3.05) is 18.6 Å². The molecule has 0 spiro atoms. The molecule has 0 fully saturated rings. The number of nitrogens with zero attached hydrogens (tertiary/aromatic N) is 6. The molecule has 1 aliphatic heterocycles. The van der Waals surface area contributed by atoms with Crippen LogP contribution >= 0.6 is 0 Å². The van der Waals surface area contributed by atoms with Crippen LogP contribution in [0.5, 0.6) is 6.01 Å². The van der Waals surface area contributed by atoms with Crippen LogP contribution in [-0.4, -0.2) is 38.4 Å². The first-order chi connectivity index (χ1) is 12.8. The molecule has 3 aromatic heterocycles. The second kappa shape index (κ2) is 6.07. The SMILES string of the molecule is COc1nnc2c(C)c(C)c(N3CCc4ncc(C(F)(F)F)cc4C3)nn12. The molecule has 142 valence electrons. The summed E-state index contributed by atoms with van der Waals surface area (Å²) in [6, 6.07) is 1.43. The lowest BCUT2D eigenvalue weighted by Crippen LogP contribution is -2.33. The average Bonchev–Trinajstić information content (AvgIpc) is 3.06. The number of aromatic nitrogens is 5. The van der Waals surface area contributed by atoms with E-state index in [9.17, 15) is 13.2 Å². The summed E-state index contributed by atoms with van der Waals surface area (Å²) in [5, 5.41) is 12.6. The smallest absolute Gasteiger partial charge is 0.417 e. The van der Waals surface area contributed by atoms with E-state index in [0.717, 1.165) is 17.3 Å². The highest BCUT2D eigenvalue weighted by molar-refractivity contribution is 5.60. The molecule has 1 aliphatic rings. The predicted octanol–water partition coefficient (Wildman–Crippen LogP) is 2.73. The lowest BCUT2D eigenvalue weighted by molar-refractivity contribution is -0.137.